The van der Waals surface area contributed by atoms with Crippen LogP contribution in [-0.4, -0.2) is 49.2 Å². The number of carbonyl (C=O) groups is 1. The van der Waals surface area contributed by atoms with Crippen LogP contribution in [0.1, 0.15) is 51.9 Å². The van der Waals surface area contributed by atoms with Gasteiger partial charge in [-0.2, -0.15) is 0 Å². The van der Waals surface area contributed by atoms with Gasteiger partial charge in [-0.25, -0.2) is 0 Å². The highest BCUT2D eigenvalue weighted by Crippen LogP contribution is 2.57. The number of ether oxygens (including phenoxy) is 1. The molecule has 1 aliphatic heterocycles. The molecule has 4 heteroatoms. The number of amides is 1. The first kappa shape index (κ1) is 14.3. The minimum absolute atomic E-state index is 0.332. The number of carbonyl (C=O) groups excluding carboxylic acids is 1. The van der Waals surface area contributed by atoms with E-state index >= 15 is 0 Å². The van der Waals surface area contributed by atoms with Crippen LogP contribution < -0.4 is 5.32 Å². The fraction of sp³-hybridized carbons (Fsp3) is 0.938. The second-order valence-corrected chi connectivity index (χ2v) is 6.61. The molecule has 2 aliphatic carbocycles. The molecule has 0 aromatic carbocycles. The van der Waals surface area contributed by atoms with Crippen molar-refractivity contribution < 1.29 is 9.53 Å². The molecule has 1 spiro atoms. The zero-order chi connectivity index (χ0) is 14.0. The molecule has 114 valence electrons. The van der Waals surface area contributed by atoms with E-state index in [9.17, 15) is 4.79 Å². The Hall–Kier alpha value is -0.610. The molecule has 0 bridgehead atoms. The lowest BCUT2D eigenvalue weighted by Gasteiger charge is -2.61. The molecule has 1 amide bonds. The third-order valence-electron chi connectivity index (χ3n) is 5.63. The summed E-state index contributed by atoms with van der Waals surface area (Å²) in [6.45, 7) is 5.69. The predicted molar refractivity (Wildman–Crippen MR) is 78.5 cm³/mol. The van der Waals surface area contributed by atoms with Crippen LogP contribution in [0.25, 0.3) is 0 Å². The normalized spacial score (nSPS) is 31.1. The molecule has 0 aromatic rings. The van der Waals surface area contributed by atoms with Gasteiger partial charge < -0.3 is 15.0 Å². The quantitative estimate of drug-likeness (QED) is 0.808. The molecule has 2 unspecified atom stereocenters. The first-order valence-electron chi connectivity index (χ1n) is 8.39. The van der Waals surface area contributed by atoms with Crippen LogP contribution in [0.3, 0.4) is 0 Å². The van der Waals surface area contributed by atoms with Crippen molar-refractivity contribution in [3.63, 3.8) is 0 Å². The summed E-state index contributed by atoms with van der Waals surface area (Å²) in [5.74, 6) is 0.332. The average molecular weight is 280 g/mol. The molecule has 2 atom stereocenters. The number of nitrogens with zero attached hydrogens (tertiary/aromatic N) is 1. The molecule has 1 N–H and O–H groups in total. The van der Waals surface area contributed by atoms with Gasteiger partial charge in [0.05, 0.1) is 6.10 Å². The summed E-state index contributed by atoms with van der Waals surface area (Å²) < 4.78 is 5.86. The standard InChI is InChI=1S/C16H28N2O2/c1-2-20-14-12-13(16(14)7-5-8-16)17-9-6-15(19)18-10-3-4-11-18/h13-14,17H,2-12H2,1H3. The molecule has 1 saturated heterocycles. The highest BCUT2D eigenvalue weighted by molar-refractivity contribution is 5.76. The highest BCUT2D eigenvalue weighted by atomic mass is 16.5. The Kier molecular flexibility index (Phi) is 4.32. The minimum atomic E-state index is 0.332. The van der Waals surface area contributed by atoms with Crippen molar-refractivity contribution in [2.75, 3.05) is 26.2 Å². The van der Waals surface area contributed by atoms with Crippen molar-refractivity contribution in [2.24, 2.45) is 5.41 Å². The second kappa shape index (κ2) is 6.02. The van der Waals surface area contributed by atoms with Gasteiger partial charge in [0.1, 0.15) is 0 Å². The monoisotopic (exact) mass is 280 g/mol. The van der Waals surface area contributed by atoms with E-state index in [0.29, 0.717) is 29.9 Å². The Morgan fingerprint density at radius 3 is 2.65 bits per heavy atom. The van der Waals surface area contributed by atoms with Gasteiger partial charge in [-0.3, -0.25) is 4.79 Å². The molecule has 3 aliphatic rings. The Labute approximate surface area is 122 Å². The number of rotatable bonds is 6. The lowest BCUT2D eigenvalue weighted by Crippen LogP contribution is -2.67. The Morgan fingerprint density at radius 2 is 2.05 bits per heavy atom. The smallest absolute Gasteiger partial charge is 0.223 e. The number of likely N-dealkylation sites (tertiary alicyclic amines) is 1. The molecule has 3 fully saturated rings. The van der Waals surface area contributed by atoms with Crippen molar-refractivity contribution in [3.05, 3.63) is 0 Å². The lowest BCUT2D eigenvalue weighted by atomic mass is 9.51. The van der Waals surface area contributed by atoms with E-state index in [1.54, 1.807) is 0 Å². The lowest BCUT2D eigenvalue weighted by molar-refractivity contribution is -0.172. The maximum absolute atomic E-state index is 12.0. The maximum atomic E-state index is 12.0. The van der Waals surface area contributed by atoms with Crippen LogP contribution in [0.2, 0.25) is 0 Å². The molecule has 3 rings (SSSR count). The SMILES string of the molecule is CCOC1CC(NCCC(=O)N2CCCC2)C12CCC2. The van der Waals surface area contributed by atoms with Crippen molar-refractivity contribution in [1.82, 2.24) is 10.2 Å². The molecule has 1 heterocycles. The van der Waals surface area contributed by atoms with Crippen molar-refractivity contribution in [1.29, 1.82) is 0 Å². The van der Waals surface area contributed by atoms with Crippen LogP contribution in [0, 0.1) is 5.41 Å². The van der Waals surface area contributed by atoms with Gasteiger partial charge >= 0.3 is 0 Å². The largest absolute Gasteiger partial charge is 0.378 e. The molecule has 2 saturated carbocycles. The van der Waals surface area contributed by atoms with Crippen LogP contribution in [-0.2, 0) is 9.53 Å². The van der Waals surface area contributed by atoms with E-state index in [-0.39, 0.29) is 0 Å². The van der Waals surface area contributed by atoms with Crippen molar-refractivity contribution in [2.45, 2.75) is 64.0 Å². The zero-order valence-corrected chi connectivity index (χ0v) is 12.7. The molecule has 0 aromatic heterocycles. The summed E-state index contributed by atoms with van der Waals surface area (Å²) in [6, 6.07) is 0.583. The van der Waals surface area contributed by atoms with Gasteiger partial charge in [-0.1, -0.05) is 6.42 Å². The van der Waals surface area contributed by atoms with Gasteiger partial charge in [-0.05, 0) is 39.0 Å². The van der Waals surface area contributed by atoms with E-state index < -0.39 is 0 Å². The summed E-state index contributed by atoms with van der Waals surface area (Å²) in [5.41, 5.74) is 0.409. The summed E-state index contributed by atoms with van der Waals surface area (Å²) in [7, 11) is 0. The summed E-state index contributed by atoms with van der Waals surface area (Å²) in [6.07, 6.45) is 8.56. The third-order valence-corrected chi connectivity index (χ3v) is 5.63. The van der Waals surface area contributed by atoms with Crippen LogP contribution in [0.15, 0.2) is 0 Å². The number of hydrogen-bond donors (Lipinski definition) is 1. The first-order valence-corrected chi connectivity index (χ1v) is 8.39. The molecule has 0 radical (unpaired) electrons. The molecule has 20 heavy (non-hydrogen) atoms. The minimum Gasteiger partial charge on any atom is -0.378 e. The van der Waals surface area contributed by atoms with Gasteiger partial charge in [0.15, 0.2) is 0 Å². The second-order valence-electron chi connectivity index (χ2n) is 6.61. The van der Waals surface area contributed by atoms with Crippen LogP contribution in [0.4, 0.5) is 0 Å². The van der Waals surface area contributed by atoms with E-state index in [2.05, 4.69) is 12.2 Å². The topological polar surface area (TPSA) is 41.6 Å². The Bertz CT molecular complexity index is 348. The van der Waals surface area contributed by atoms with Crippen molar-refractivity contribution in [3.8, 4) is 0 Å². The fourth-order valence-corrected chi connectivity index (χ4v) is 4.20. The Balaban J connectivity index is 1.40. The van der Waals surface area contributed by atoms with Gasteiger partial charge in [0.25, 0.3) is 0 Å². The number of nitrogens with one attached hydrogen (secondary N) is 1. The number of hydrogen-bond acceptors (Lipinski definition) is 3. The molecule has 4 nitrogen and oxygen atoms in total. The van der Waals surface area contributed by atoms with E-state index in [4.69, 9.17) is 4.74 Å². The summed E-state index contributed by atoms with van der Waals surface area (Å²) in [5, 5.41) is 3.63. The van der Waals surface area contributed by atoms with Gasteiger partial charge in [-0.15, -0.1) is 0 Å². The van der Waals surface area contributed by atoms with E-state index in [1.165, 1.54) is 32.1 Å². The third kappa shape index (κ3) is 2.48. The van der Waals surface area contributed by atoms with E-state index in [1.807, 2.05) is 4.90 Å². The summed E-state index contributed by atoms with van der Waals surface area (Å²) in [4.78, 5) is 14.0. The van der Waals surface area contributed by atoms with Crippen molar-refractivity contribution >= 4 is 5.91 Å². The molecular weight excluding hydrogens is 252 g/mol. The summed E-state index contributed by atoms with van der Waals surface area (Å²) >= 11 is 0. The van der Waals surface area contributed by atoms with E-state index in [0.717, 1.165) is 32.7 Å². The van der Waals surface area contributed by atoms with Gasteiger partial charge in [0, 0.05) is 44.1 Å². The average Bonchev–Trinajstić information content (AvgIpc) is 2.88. The predicted octanol–water partition coefficient (Wildman–Crippen LogP) is 1.94. The molecular formula is C16H28N2O2. The van der Waals surface area contributed by atoms with Gasteiger partial charge in [0.2, 0.25) is 5.91 Å². The highest BCUT2D eigenvalue weighted by Gasteiger charge is 2.58. The fourth-order valence-electron chi connectivity index (χ4n) is 4.20. The first-order chi connectivity index (χ1) is 9.76. The zero-order valence-electron chi connectivity index (χ0n) is 12.7. The Morgan fingerprint density at radius 1 is 1.30 bits per heavy atom. The maximum Gasteiger partial charge on any atom is 0.223 e. The van der Waals surface area contributed by atoms with Crippen LogP contribution in [0.5, 0.6) is 0 Å². The van der Waals surface area contributed by atoms with Crippen LogP contribution >= 0.6 is 0 Å².